The number of fused-ring (bicyclic) bond motifs is 2. The average molecular weight is 490 g/mol. The average Bonchev–Trinajstić information content (AvgIpc) is 2.96. The first-order valence-corrected chi connectivity index (χ1v) is 12.4. The van der Waals surface area contributed by atoms with E-state index in [0.29, 0.717) is 16.7 Å². The zero-order valence-corrected chi connectivity index (χ0v) is 20.8. The summed E-state index contributed by atoms with van der Waals surface area (Å²) in [6, 6.07) is 33.3. The molecule has 4 heteroatoms. The number of aryl methyl sites for hydroxylation is 1. The van der Waals surface area contributed by atoms with Crippen LogP contribution in [0.3, 0.4) is 0 Å². The van der Waals surface area contributed by atoms with Crippen molar-refractivity contribution in [1.82, 2.24) is 14.5 Å². The molecule has 4 aromatic carbocycles. The van der Waals surface area contributed by atoms with Crippen LogP contribution in [0.25, 0.3) is 39.6 Å². The van der Waals surface area contributed by atoms with Gasteiger partial charge in [-0.05, 0) is 84.8 Å². The van der Waals surface area contributed by atoms with Crippen molar-refractivity contribution in [1.29, 1.82) is 0 Å². The minimum absolute atomic E-state index is 0.107. The highest BCUT2D eigenvalue weighted by atomic mass is 16.1. The molecule has 0 saturated carbocycles. The van der Waals surface area contributed by atoms with Gasteiger partial charge >= 0.3 is 0 Å². The van der Waals surface area contributed by atoms with Gasteiger partial charge in [0.1, 0.15) is 5.82 Å². The third kappa shape index (κ3) is 4.61. The third-order valence-corrected chi connectivity index (χ3v) is 6.42. The number of rotatable bonds is 3. The minimum Gasteiger partial charge on any atom is -0.268 e. The second-order valence-electron chi connectivity index (χ2n) is 9.03. The molecule has 0 fully saturated rings. The topological polar surface area (TPSA) is 47.8 Å². The van der Waals surface area contributed by atoms with Crippen molar-refractivity contribution in [2.24, 2.45) is 0 Å². The summed E-state index contributed by atoms with van der Waals surface area (Å²) in [5, 5.41) is 1.63. The van der Waals surface area contributed by atoms with E-state index in [1.54, 1.807) is 10.8 Å². The van der Waals surface area contributed by atoms with E-state index >= 15 is 0 Å². The first-order valence-electron chi connectivity index (χ1n) is 12.4. The molecule has 0 aliphatic rings. The summed E-state index contributed by atoms with van der Waals surface area (Å²) in [6.45, 7) is 1.99. The summed E-state index contributed by atoms with van der Waals surface area (Å²) >= 11 is 0. The Labute approximate surface area is 220 Å². The molecule has 2 heterocycles. The first kappa shape index (κ1) is 23.1. The maximum absolute atomic E-state index is 13.7. The van der Waals surface area contributed by atoms with Crippen molar-refractivity contribution in [3.8, 4) is 17.5 Å². The molecular formula is C34H23N3O. The van der Waals surface area contributed by atoms with Gasteiger partial charge in [0.2, 0.25) is 0 Å². The number of para-hydroxylation sites is 1. The van der Waals surface area contributed by atoms with Gasteiger partial charge in [-0.1, -0.05) is 60.4 Å². The zero-order chi connectivity index (χ0) is 25.9. The third-order valence-electron chi connectivity index (χ3n) is 6.42. The Morgan fingerprint density at radius 3 is 2.42 bits per heavy atom. The van der Waals surface area contributed by atoms with Crippen LogP contribution in [-0.2, 0) is 0 Å². The van der Waals surface area contributed by atoms with E-state index in [2.05, 4.69) is 22.9 Å². The van der Waals surface area contributed by atoms with Crippen molar-refractivity contribution in [2.45, 2.75) is 6.92 Å². The molecule has 0 atom stereocenters. The summed E-state index contributed by atoms with van der Waals surface area (Å²) in [4.78, 5) is 23.0. The maximum Gasteiger partial charge on any atom is 0.266 e. The fraction of sp³-hybridized carbons (Fsp3) is 0.0294. The van der Waals surface area contributed by atoms with Crippen molar-refractivity contribution in [3.63, 3.8) is 0 Å². The lowest BCUT2D eigenvalue weighted by Gasteiger charge is -2.14. The minimum atomic E-state index is -0.107. The number of hydrogen-bond acceptors (Lipinski definition) is 3. The number of hydrogen-bond donors (Lipinski definition) is 0. The van der Waals surface area contributed by atoms with Crippen molar-refractivity contribution in [3.05, 3.63) is 148 Å². The van der Waals surface area contributed by atoms with E-state index in [0.717, 1.165) is 38.8 Å². The Hall–Kier alpha value is -5.27. The predicted molar refractivity (Wildman–Crippen MR) is 155 cm³/mol. The van der Waals surface area contributed by atoms with E-state index in [4.69, 9.17) is 4.98 Å². The molecule has 0 unspecified atom stereocenters. The van der Waals surface area contributed by atoms with Gasteiger partial charge in [-0.15, -0.1) is 0 Å². The van der Waals surface area contributed by atoms with Gasteiger partial charge in [-0.3, -0.25) is 14.3 Å². The highest BCUT2D eigenvalue weighted by Gasteiger charge is 2.13. The monoisotopic (exact) mass is 489 g/mol. The second-order valence-corrected chi connectivity index (χ2v) is 9.03. The fourth-order valence-corrected chi connectivity index (χ4v) is 4.51. The lowest BCUT2D eigenvalue weighted by molar-refractivity contribution is 0.934. The smallest absolute Gasteiger partial charge is 0.266 e. The molecule has 6 aromatic rings. The molecule has 2 aromatic heterocycles. The van der Waals surface area contributed by atoms with Crippen LogP contribution in [0.15, 0.2) is 114 Å². The van der Waals surface area contributed by atoms with Crippen LogP contribution < -0.4 is 5.56 Å². The molecule has 180 valence electrons. The molecule has 0 radical (unpaired) electrons. The van der Waals surface area contributed by atoms with Crippen LogP contribution in [0.4, 0.5) is 0 Å². The standard InChI is InChI=1S/C34H23N3O/c1-24-22-26(14-13-25-8-3-2-4-9-25)16-19-32(24)37-33(36-31-12-6-5-11-29(31)34(37)38)20-17-27-15-18-30-28(23-27)10-7-21-35-30/h2-12,15-23H,1H3. The molecule has 6 rings (SSSR count). The van der Waals surface area contributed by atoms with E-state index < -0.39 is 0 Å². The SMILES string of the molecule is Cc1cc(C#Cc2ccccc2)ccc1-n1c(C=Cc2ccc3ncccc3c2)nc2ccccc2c1=O. The van der Waals surface area contributed by atoms with Crippen LogP contribution in [0, 0.1) is 18.8 Å². The van der Waals surface area contributed by atoms with Gasteiger partial charge in [-0.2, -0.15) is 0 Å². The molecule has 0 bridgehead atoms. The Morgan fingerprint density at radius 2 is 1.55 bits per heavy atom. The Bertz CT molecular complexity index is 1960. The molecule has 0 aliphatic carbocycles. The van der Waals surface area contributed by atoms with E-state index in [1.807, 2.05) is 116 Å². The molecule has 0 aliphatic heterocycles. The summed E-state index contributed by atoms with van der Waals surface area (Å²) in [6.07, 6.45) is 5.67. The van der Waals surface area contributed by atoms with Crippen LogP contribution in [-0.4, -0.2) is 14.5 Å². The van der Waals surface area contributed by atoms with Gasteiger partial charge < -0.3 is 0 Å². The van der Waals surface area contributed by atoms with Crippen molar-refractivity contribution >= 4 is 34.0 Å². The van der Waals surface area contributed by atoms with E-state index in [1.165, 1.54) is 0 Å². The van der Waals surface area contributed by atoms with Gasteiger partial charge in [0.15, 0.2) is 0 Å². The molecule has 0 amide bonds. The Kier molecular flexibility index (Phi) is 6.09. The van der Waals surface area contributed by atoms with E-state index in [9.17, 15) is 4.79 Å². The molecule has 4 nitrogen and oxygen atoms in total. The van der Waals surface area contributed by atoms with Gasteiger partial charge in [-0.25, -0.2) is 4.98 Å². The van der Waals surface area contributed by atoms with Crippen LogP contribution in [0.2, 0.25) is 0 Å². The molecule has 0 saturated heterocycles. The van der Waals surface area contributed by atoms with Crippen LogP contribution in [0.5, 0.6) is 0 Å². The number of aromatic nitrogens is 3. The Morgan fingerprint density at radius 1 is 0.737 bits per heavy atom. The number of pyridine rings is 1. The summed E-state index contributed by atoms with van der Waals surface area (Å²) in [7, 11) is 0. The molecule has 0 N–H and O–H groups in total. The zero-order valence-electron chi connectivity index (χ0n) is 20.8. The lowest BCUT2D eigenvalue weighted by atomic mass is 10.1. The van der Waals surface area contributed by atoms with Gasteiger partial charge in [0.05, 0.1) is 22.1 Å². The lowest BCUT2D eigenvalue weighted by Crippen LogP contribution is -2.23. The quantitative estimate of drug-likeness (QED) is 0.257. The number of nitrogens with zero attached hydrogens (tertiary/aromatic N) is 3. The fourth-order valence-electron chi connectivity index (χ4n) is 4.51. The number of benzene rings is 4. The van der Waals surface area contributed by atoms with Gasteiger partial charge in [0, 0.05) is 22.7 Å². The van der Waals surface area contributed by atoms with Crippen molar-refractivity contribution < 1.29 is 0 Å². The van der Waals surface area contributed by atoms with E-state index in [-0.39, 0.29) is 5.56 Å². The van der Waals surface area contributed by atoms with Crippen LogP contribution >= 0.6 is 0 Å². The first-order chi connectivity index (χ1) is 18.7. The van der Waals surface area contributed by atoms with Gasteiger partial charge in [0.25, 0.3) is 5.56 Å². The predicted octanol–water partition coefficient (Wildman–Crippen LogP) is 6.81. The largest absolute Gasteiger partial charge is 0.268 e. The summed E-state index contributed by atoms with van der Waals surface area (Å²) in [5.41, 5.74) is 6.07. The molecule has 0 spiro atoms. The highest BCUT2D eigenvalue weighted by molar-refractivity contribution is 5.84. The Balaban J connectivity index is 1.45. The van der Waals surface area contributed by atoms with Crippen LogP contribution in [0.1, 0.15) is 28.1 Å². The normalized spacial score (nSPS) is 11.1. The summed E-state index contributed by atoms with van der Waals surface area (Å²) in [5.74, 6) is 6.99. The molecule has 38 heavy (non-hydrogen) atoms. The maximum atomic E-state index is 13.7. The van der Waals surface area contributed by atoms with Crippen molar-refractivity contribution in [2.75, 3.05) is 0 Å². The second kappa shape index (κ2) is 10.0. The summed E-state index contributed by atoms with van der Waals surface area (Å²) < 4.78 is 1.69. The molecular weight excluding hydrogens is 466 g/mol. The highest BCUT2D eigenvalue weighted by Crippen LogP contribution is 2.20.